The molecule has 0 spiro atoms. The zero-order valence-electron chi connectivity index (χ0n) is 7.43. The van der Waals surface area contributed by atoms with Crippen molar-refractivity contribution < 1.29 is 12.6 Å². The molecule has 0 rings (SSSR count). The largest absolute Gasteiger partial charge is 0.296 e. The van der Waals surface area contributed by atoms with Gasteiger partial charge < -0.3 is 0 Å². The fourth-order valence-electron chi connectivity index (χ4n) is 0.579. The van der Waals surface area contributed by atoms with E-state index in [9.17, 15) is 8.42 Å². The van der Waals surface area contributed by atoms with Gasteiger partial charge in [-0.15, -0.1) is 0 Å². The molecule has 4 heteroatoms. The van der Waals surface area contributed by atoms with Gasteiger partial charge in [-0.3, -0.25) is 4.18 Å². The predicted octanol–water partition coefficient (Wildman–Crippen LogP) is 1.77. The topological polar surface area (TPSA) is 43.4 Å². The van der Waals surface area contributed by atoms with Crippen LogP contribution in [-0.4, -0.2) is 15.5 Å². The minimum Gasteiger partial charge on any atom is -0.270 e. The molecule has 0 fully saturated rings. The zero-order valence-corrected chi connectivity index (χ0v) is 8.25. The van der Waals surface area contributed by atoms with Crippen LogP contribution < -0.4 is 0 Å². The third-order valence-electron chi connectivity index (χ3n) is 1.22. The van der Waals surface area contributed by atoms with Crippen molar-refractivity contribution in [2.24, 2.45) is 0 Å². The number of hydrogen-bond acceptors (Lipinski definition) is 3. The highest BCUT2D eigenvalue weighted by Gasteiger charge is 2.11. The second kappa shape index (κ2) is 5.50. The van der Waals surface area contributed by atoms with E-state index in [1.165, 1.54) is 18.2 Å². The summed E-state index contributed by atoms with van der Waals surface area (Å²) in [5.74, 6) is 0. The minimum absolute atomic E-state index is 0.0214. The van der Waals surface area contributed by atoms with Crippen LogP contribution in [-0.2, 0) is 14.3 Å². The van der Waals surface area contributed by atoms with Crippen LogP contribution in [0.5, 0.6) is 0 Å². The zero-order chi connectivity index (χ0) is 10.3. The van der Waals surface area contributed by atoms with Gasteiger partial charge in [0.15, 0.2) is 0 Å². The fourth-order valence-corrected chi connectivity index (χ4v) is 1.22. The third-order valence-corrected chi connectivity index (χ3v) is 2.54. The average molecular weight is 200 g/mol. The molecular weight excluding hydrogens is 188 g/mol. The molecule has 72 valence electrons. The smallest absolute Gasteiger partial charge is 0.270 e. The molecule has 0 aliphatic carbocycles. The average Bonchev–Trinajstić information content (AvgIpc) is 2.12. The van der Waals surface area contributed by atoms with E-state index in [1.54, 1.807) is 12.2 Å². The molecule has 0 N–H and O–H groups in total. The fraction of sp³-hybridized carbons (Fsp3) is 0.111. The van der Waals surface area contributed by atoms with Crippen LogP contribution in [0.4, 0.5) is 0 Å². The van der Waals surface area contributed by atoms with E-state index in [1.807, 2.05) is 0 Å². The van der Waals surface area contributed by atoms with E-state index in [0.29, 0.717) is 0 Å². The molecule has 0 aliphatic heterocycles. The minimum atomic E-state index is -3.63. The first-order chi connectivity index (χ1) is 6.08. The highest BCUT2D eigenvalue weighted by atomic mass is 32.2. The van der Waals surface area contributed by atoms with Crippen molar-refractivity contribution in [2.75, 3.05) is 7.11 Å². The van der Waals surface area contributed by atoms with E-state index >= 15 is 0 Å². The molecule has 3 nitrogen and oxygen atoms in total. The molecule has 0 aliphatic rings. The van der Waals surface area contributed by atoms with E-state index in [0.717, 1.165) is 7.11 Å². The first-order valence-electron chi connectivity index (χ1n) is 3.51. The van der Waals surface area contributed by atoms with Crippen molar-refractivity contribution in [3.05, 3.63) is 48.4 Å². The number of allylic oxidation sites excluding steroid dienone is 5. The Balaban J connectivity index is 4.91. The Hall–Kier alpha value is -1.13. The normalized spacial score (nSPS) is 13.2. The lowest BCUT2D eigenvalue weighted by Gasteiger charge is -1.99. The SMILES string of the molecule is C=C/C=C\C=C(/C=C)S(=O)(=O)OC. The molecule has 13 heavy (non-hydrogen) atoms. The first kappa shape index (κ1) is 11.9. The lowest BCUT2D eigenvalue weighted by molar-refractivity contribution is 0.404. The van der Waals surface area contributed by atoms with Gasteiger partial charge in [-0.1, -0.05) is 31.4 Å². The van der Waals surface area contributed by atoms with E-state index in [-0.39, 0.29) is 4.91 Å². The highest BCUT2D eigenvalue weighted by Crippen LogP contribution is 2.08. The van der Waals surface area contributed by atoms with Gasteiger partial charge in [0.2, 0.25) is 0 Å². The summed E-state index contributed by atoms with van der Waals surface area (Å²) >= 11 is 0. The van der Waals surface area contributed by atoms with Gasteiger partial charge in [0, 0.05) is 0 Å². The summed E-state index contributed by atoms with van der Waals surface area (Å²) in [5, 5.41) is 0. The summed E-state index contributed by atoms with van der Waals surface area (Å²) in [6.07, 6.45) is 7.28. The summed E-state index contributed by atoms with van der Waals surface area (Å²) < 4.78 is 26.5. The van der Waals surface area contributed by atoms with Gasteiger partial charge in [0.1, 0.15) is 0 Å². The Kier molecular flexibility index (Phi) is 5.03. The maximum Gasteiger partial charge on any atom is 0.296 e. The summed E-state index contributed by atoms with van der Waals surface area (Å²) in [6, 6.07) is 0. The molecule has 0 saturated carbocycles. The van der Waals surface area contributed by atoms with Crippen molar-refractivity contribution in [3.8, 4) is 0 Å². The molecule has 0 aromatic carbocycles. The Morgan fingerprint density at radius 1 is 1.31 bits per heavy atom. The van der Waals surface area contributed by atoms with Gasteiger partial charge in [-0.25, -0.2) is 0 Å². The molecule has 0 aromatic heterocycles. The molecule has 0 bridgehead atoms. The number of hydrogen-bond donors (Lipinski definition) is 0. The van der Waals surface area contributed by atoms with Gasteiger partial charge in [0.05, 0.1) is 12.0 Å². The summed E-state index contributed by atoms with van der Waals surface area (Å²) in [6.45, 7) is 6.81. The molecule has 0 heterocycles. The van der Waals surface area contributed by atoms with Crippen molar-refractivity contribution in [2.45, 2.75) is 0 Å². The standard InChI is InChI=1S/C9H12O3S/c1-4-6-7-8-9(5-2)13(10,11)12-3/h4-8H,1-2H2,3H3/b7-6-,9-8+. The quantitative estimate of drug-likeness (QED) is 0.502. The van der Waals surface area contributed by atoms with Crippen LogP contribution >= 0.6 is 0 Å². The van der Waals surface area contributed by atoms with Crippen molar-refractivity contribution in [1.29, 1.82) is 0 Å². The first-order valence-corrected chi connectivity index (χ1v) is 4.91. The van der Waals surface area contributed by atoms with Crippen molar-refractivity contribution in [1.82, 2.24) is 0 Å². The van der Waals surface area contributed by atoms with E-state index in [2.05, 4.69) is 17.3 Å². The summed E-state index contributed by atoms with van der Waals surface area (Å²) in [5.41, 5.74) is 0. The predicted molar refractivity (Wildman–Crippen MR) is 53.5 cm³/mol. The van der Waals surface area contributed by atoms with Crippen LogP contribution in [0.1, 0.15) is 0 Å². The van der Waals surface area contributed by atoms with E-state index < -0.39 is 10.1 Å². The second-order valence-corrected chi connectivity index (χ2v) is 3.73. The van der Waals surface area contributed by atoms with Gasteiger partial charge in [-0.2, -0.15) is 8.42 Å². The summed E-state index contributed by atoms with van der Waals surface area (Å²) in [4.78, 5) is 0.0214. The maximum absolute atomic E-state index is 11.1. The Morgan fingerprint density at radius 2 is 1.92 bits per heavy atom. The lowest BCUT2D eigenvalue weighted by atomic mass is 10.4. The van der Waals surface area contributed by atoms with Gasteiger partial charge in [-0.05, 0) is 12.2 Å². The number of rotatable bonds is 5. The van der Waals surface area contributed by atoms with Crippen LogP contribution in [0.3, 0.4) is 0 Å². The van der Waals surface area contributed by atoms with Crippen molar-refractivity contribution in [3.63, 3.8) is 0 Å². The molecule has 0 saturated heterocycles. The third kappa shape index (κ3) is 3.87. The van der Waals surface area contributed by atoms with Crippen LogP contribution in [0, 0.1) is 0 Å². The van der Waals surface area contributed by atoms with Gasteiger partial charge >= 0.3 is 0 Å². The Labute approximate surface area is 78.8 Å². The van der Waals surface area contributed by atoms with E-state index in [4.69, 9.17) is 0 Å². The molecule has 0 radical (unpaired) electrons. The molecule has 0 atom stereocenters. The summed E-state index contributed by atoms with van der Waals surface area (Å²) in [7, 11) is -2.53. The molecular formula is C9H12O3S. The molecule has 0 amide bonds. The van der Waals surface area contributed by atoms with Gasteiger partial charge in [0.25, 0.3) is 10.1 Å². The molecule has 0 aromatic rings. The second-order valence-electron chi connectivity index (χ2n) is 2.01. The van der Waals surface area contributed by atoms with Crippen molar-refractivity contribution >= 4 is 10.1 Å². The Bertz CT molecular complexity index is 334. The monoisotopic (exact) mass is 200 g/mol. The highest BCUT2D eigenvalue weighted by molar-refractivity contribution is 7.90. The maximum atomic E-state index is 11.1. The molecule has 0 unspecified atom stereocenters. The van der Waals surface area contributed by atoms with Crippen LogP contribution in [0.15, 0.2) is 48.4 Å². The van der Waals surface area contributed by atoms with Crippen LogP contribution in [0.25, 0.3) is 0 Å². The van der Waals surface area contributed by atoms with Crippen LogP contribution in [0.2, 0.25) is 0 Å². The Morgan fingerprint density at radius 3 is 2.31 bits per heavy atom. The lowest BCUT2D eigenvalue weighted by Crippen LogP contribution is -2.03.